The Morgan fingerprint density at radius 2 is 1.90 bits per heavy atom. The molecule has 1 fully saturated rings. The number of amides is 1. The van der Waals surface area contributed by atoms with Gasteiger partial charge in [-0.2, -0.15) is 4.98 Å². The molecule has 0 aliphatic carbocycles. The van der Waals surface area contributed by atoms with Gasteiger partial charge in [-0.15, -0.1) is 0 Å². The number of piperidine rings is 1. The molecule has 0 saturated carbocycles. The summed E-state index contributed by atoms with van der Waals surface area (Å²) in [6.45, 7) is 4.01. The van der Waals surface area contributed by atoms with Crippen molar-refractivity contribution in [3.8, 4) is 22.9 Å². The highest BCUT2D eigenvalue weighted by Crippen LogP contribution is 2.25. The van der Waals surface area contributed by atoms with Gasteiger partial charge >= 0.3 is 0 Å². The number of hydrogen-bond acceptors (Lipinski definition) is 6. The van der Waals surface area contributed by atoms with E-state index in [0.717, 1.165) is 49.4 Å². The number of benzene rings is 2. The Bertz CT molecular complexity index is 1010. The van der Waals surface area contributed by atoms with Crippen LogP contribution in [0.4, 0.5) is 0 Å². The smallest absolute Gasteiger partial charge is 0.253 e. The molecule has 162 valence electrons. The molecule has 1 aliphatic rings. The minimum absolute atomic E-state index is 0.0691. The fourth-order valence-electron chi connectivity index (χ4n) is 3.85. The van der Waals surface area contributed by atoms with E-state index in [1.165, 1.54) is 0 Å². The van der Waals surface area contributed by atoms with E-state index >= 15 is 0 Å². The highest BCUT2D eigenvalue weighted by molar-refractivity contribution is 5.94. The van der Waals surface area contributed by atoms with E-state index in [1.54, 1.807) is 7.11 Å². The molecule has 0 N–H and O–H groups in total. The zero-order chi connectivity index (χ0) is 21.6. The van der Waals surface area contributed by atoms with Crippen LogP contribution in [0.15, 0.2) is 53.1 Å². The van der Waals surface area contributed by atoms with E-state index in [4.69, 9.17) is 14.0 Å². The maximum absolute atomic E-state index is 12.8. The Labute approximate surface area is 182 Å². The molecule has 1 amide bonds. The number of methoxy groups -OCH3 is 1. The van der Waals surface area contributed by atoms with Crippen LogP contribution in [0.1, 0.15) is 36.0 Å². The van der Waals surface area contributed by atoms with Crippen LogP contribution >= 0.6 is 0 Å². The number of aromatic nitrogens is 2. The molecule has 0 unspecified atom stereocenters. The van der Waals surface area contributed by atoms with E-state index in [1.807, 2.05) is 60.4 Å². The third-order valence-corrected chi connectivity index (χ3v) is 5.57. The van der Waals surface area contributed by atoms with Gasteiger partial charge in [0.1, 0.15) is 11.5 Å². The Hall–Kier alpha value is -3.35. The molecule has 0 atom stereocenters. The van der Waals surface area contributed by atoms with Gasteiger partial charge in [0, 0.05) is 30.6 Å². The van der Waals surface area contributed by atoms with E-state index in [0.29, 0.717) is 29.8 Å². The lowest BCUT2D eigenvalue weighted by molar-refractivity contribution is 0.0687. The first-order valence-corrected chi connectivity index (χ1v) is 10.7. The van der Waals surface area contributed by atoms with Gasteiger partial charge in [-0.3, -0.25) is 4.79 Å². The molecule has 31 heavy (non-hydrogen) atoms. The standard InChI is InChI=1S/C24H27N3O4/c1-3-30-20-9-7-18(8-10-20)24(28)27-13-11-17(12-14-27)15-22-25-23(26-31-22)19-5-4-6-21(16-19)29-2/h4-10,16-17H,3,11-15H2,1-2H3. The van der Waals surface area contributed by atoms with Gasteiger partial charge < -0.3 is 18.9 Å². The molecule has 0 spiro atoms. The molecular weight excluding hydrogens is 394 g/mol. The van der Waals surface area contributed by atoms with Crippen LogP contribution < -0.4 is 9.47 Å². The molecule has 7 nitrogen and oxygen atoms in total. The van der Waals surface area contributed by atoms with Gasteiger partial charge in [-0.05, 0) is 62.1 Å². The van der Waals surface area contributed by atoms with Crippen LogP contribution in [0.3, 0.4) is 0 Å². The SMILES string of the molecule is CCOc1ccc(C(=O)N2CCC(Cc3nc(-c4cccc(OC)c4)no3)CC2)cc1. The maximum atomic E-state index is 12.8. The molecule has 4 rings (SSSR count). The minimum atomic E-state index is 0.0691. The summed E-state index contributed by atoms with van der Waals surface area (Å²) in [4.78, 5) is 19.2. The van der Waals surface area contributed by atoms with Crippen LogP contribution in [0, 0.1) is 5.92 Å². The summed E-state index contributed by atoms with van der Waals surface area (Å²) in [5.74, 6) is 3.23. The second-order valence-electron chi connectivity index (χ2n) is 7.64. The molecule has 1 aromatic heterocycles. The van der Waals surface area contributed by atoms with Crippen molar-refractivity contribution in [1.82, 2.24) is 15.0 Å². The lowest BCUT2D eigenvalue weighted by atomic mass is 9.93. The number of carbonyl (C=O) groups is 1. The van der Waals surface area contributed by atoms with Crippen molar-refractivity contribution >= 4 is 5.91 Å². The highest BCUT2D eigenvalue weighted by Gasteiger charge is 2.25. The summed E-state index contributed by atoms with van der Waals surface area (Å²) in [5.41, 5.74) is 1.56. The zero-order valence-electron chi connectivity index (χ0n) is 17.9. The van der Waals surface area contributed by atoms with Crippen molar-refractivity contribution in [2.45, 2.75) is 26.2 Å². The van der Waals surface area contributed by atoms with Gasteiger partial charge in [0.15, 0.2) is 0 Å². The number of hydrogen-bond donors (Lipinski definition) is 0. The number of nitrogens with zero attached hydrogens (tertiary/aromatic N) is 3. The second-order valence-corrected chi connectivity index (χ2v) is 7.64. The van der Waals surface area contributed by atoms with Gasteiger partial charge in [0.25, 0.3) is 5.91 Å². The first kappa shape index (κ1) is 20.9. The molecule has 3 aromatic rings. The number of likely N-dealkylation sites (tertiary alicyclic amines) is 1. The maximum Gasteiger partial charge on any atom is 0.253 e. The summed E-state index contributed by atoms with van der Waals surface area (Å²) in [6.07, 6.45) is 2.56. The van der Waals surface area contributed by atoms with Gasteiger partial charge in [0.05, 0.1) is 13.7 Å². The highest BCUT2D eigenvalue weighted by atomic mass is 16.5. The minimum Gasteiger partial charge on any atom is -0.497 e. The van der Waals surface area contributed by atoms with Gasteiger partial charge in [-0.1, -0.05) is 17.3 Å². The average Bonchev–Trinajstić information content (AvgIpc) is 3.28. The Kier molecular flexibility index (Phi) is 6.50. The van der Waals surface area contributed by atoms with Crippen molar-refractivity contribution in [3.63, 3.8) is 0 Å². The Balaban J connectivity index is 1.31. The quantitative estimate of drug-likeness (QED) is 0.568. The van der Waals surface area contributed by atoms with Crippen molar-refractivity contribution < 1.29 is 18.8 Å². The van der Waals surface area contributed by atoms with Crippen molar-refractivity contribution in [2.75, 3.05) is 26.8 Å². The normalized spacial score (nSPS) is 14.5. The monoisotopic (exact) mass is 421 g/mol. The van der Waals surface area contributed by atoms with Crippen LogP contribution in [0.25, 0.3) is 11.4 Å². The van der Waals surface area contributed by atoms with Crippen LogP contribution in [-0.2, 0) is 6.42 Å². The molecule has 1 saturated heterocycles. The third kappa shape index (κ3) is 5.05. The number of carbonyl (C=O) groups excluding carboxylic acids is 1. The lowest BCUT2D eigenvalue weighted by Crippen LogP contribution is -2.38. The second kappa shape index (κ2) is 9.64. The van der Waals surface area contributed by atoms with Gasteiger partial charge in [0.2, 0.25) is 11.7 Å². The van der Waals surface area contributed by atoms with Crippen molar-refractivity contribution in [1.29, 1.82) is 0 Å². The number of rotatable bonds is 7. The van der Waals surface area contributed by atoms with E-state index in [2.05, 4.69) is 10.1 Å². The summed E-state index contributed by atoms with van der Waals surface area (Å²) < 4.78 is 16.2. The largest absolute Gasteiger partial charge is 0.497 e. The Morgan fingerprint density at radius 1 is 1.13 bits per heavy atom. The molecule has 2 aromatic carbocycles. The summed E-state index contributed by atoms with van der Waals surface area (Å²) in [7, 11) is 1.63. The lowest BCUT2D eigenvalue weighted by Gasteiger charge is -2.31. The first-order chi connectivity index (χ1) is 15.2. The van der Waals surface area contributed by atoms with Crippen LogP contribution in [-0.4, -0.2) is 47.8 Å². The predicted molar refractivity (Wildman–Crippen MR) is 116 cm³/mol. The van der Waals surface area contributed by atoms with Gasteiger partial charge in [-0.25, -0.2) is 0 Å². The van der Waals surface area contributed by atoms with Crippen LogP contribution in [0.5, 0.6) is 11.5 Å². The van der Waals surface area contributed by atoms with E-state index < -0.39 is 0 Å². The first-order valence-electron chi connectivity index (χ1n) is 10.7. The topological polar surface area (TPSA) is 77.7 Å². The van der Waals surface area contributed by atoms with Crippen molar-refractivity contribution in [2.24, 2.45) is 5.92 Å². The van der Waals surface area contributed by atoms with Crippen LogP contribution in [0.2, 0.25) is 0 Å². The molecule has 1 aliphatic heterocycles. The average molecular weight is 421 g/mol. The summed E-state index contributed by atoms with van der Waals surface area (Å²) >= 11 is 0. The fraction of sp³-hybridized carbons (Fsp3) is 0.375. The van der Waals surface area contributed by atoms with Crippen molar-refractivity contribution in [3.05, 3.63) is 60.0 Å². The third-order valence-electron chi connectivity index (χ3n) is 5.57. The summed E-state index contributed by atoms with van der Waals surface area (Å²) in [5, 5.41) is 4.11. The Morgan fingerprint density at radius 3 is 2.61 bits per heavy atom. The molecular formula is C24H27N3O4. The molecule has 2 heterocycles. The predicted octanol–water partition coefficient (Wildman–Crippen LogP) is 4.24. The molecule has 0 radical (unpaired) electrons. The number of ether oxygens (including phenoxy) is 2. The molecule has 7 heteroatoms. The fourth-order valence-corrected chi connectivity index (χ4v) is 3.85. The zero-order valence-corrected chi connectivity index (χ0v) is 17.9. The van der Waals surface area contributed by atoms with E-state index in [9.17, 15) is 4.79 Å². The summed E-state index contributed by atoms with van der Waals surface area (Å²) in [6, 6.07) is 15.0. The molecule has 0 bridgehead atoms. The van der Waals surface area contributed by atoms with E-state index in [-0.39, 0.29) is 5.91 Å².